The first kappa shape index (κ1) is 17.1. The van der Waals surface area contributed by atoms with Gasteiger partial charge in [0, 0.05) is 17.8 Å². The Morgan fingerprint density at radius 3 is 2.81 bits per heavy atom. The van der Waals surface area contributed by atoms with Crippen molar-refractivity contribution in [2.75, 3.05) is 18.5 Å². The molecule has 1 amide bonds. The maximum Gasteiger partial charge on any atom is 0.275 e. The molecule has 0 aliphatic carbocycles. The molecule has 4 rings (SSSR count). The Morgan fingerprint density at radius 2 is 2.07 bits per heavy atom. The summed E-state index contributed by atoms with van der Waals surface area (Å²) in [5.41, 5.74) is 1.80. The molecule has 0 radical (unpaired) electrons. The molecular formula is C18H18N6O3. The van der Waals surface area contributed by atoms with Crippen molar-refractivity contribution >= 4 is 11.6 Å². The van der Waals surface area contributed by atoms with Gasteiger partial charge in [0.05, 0.1) is 25.6 Å². The molecule has 9 heteroatoms. The van der Waals surface area contributed by atoms with Crippen LogP contribution in [0.2, 0.25) is 0 Å². The fourth-order valence-corrected chi connectivity index (χ4v) is 2.76. The number of hydrogen-bond acceptors (Lipinski definition) is 7. The van der Waals surface area contributed by atoms with Gasteiger partial charge in [-0.1, -0.05) is 0 Å². The van der Waals surface area contributed by atoms with Gasteiger partial charge in [0.2, 0.25) is 5.88 Å². The molecule has 1 aliphatic rings. The first-order valence-corrected chi connectivity index (χ1v) is 8.61. The summed E-state index contributed by atoms with van der Waals surface area (Å²) < 4.78 is 12.7. The zero-order valence-electron chi connectivity index (χ0n) is 14.8. The van der Waals surface area contributed by atoms with Crippen molar-refractivity contribution in [1.29, 1.82) is 0 Å². The number of ether oxygens (including phenoxy) is 2. The quantitative estimate of drug-likeness (QED) is 0.735. The molecule has 1 aliphatic heterocycles. The van der Waals surface area contributed by atoms with Crippen molar-refractivity contribution in [3.63, 3.8) is 0 Å². The normalized spacial score (nSPS) is 13.1. The zero-order chi connectivity index (χ0) is 18.6. The largest absolute Gasteiger partial charge is 0.477 e. The van der Waals surface area contributed by atoms with Gasteiger partial charge in [-0.05, 0) is 31.2 Å². The van der Waals surface area contributed by atoms with E-state index in [2.05, 4.69) is 25.5 Å². The van der Waals surface area contributed by atoms with E-state index < -0.39 is 0 Å². The Balaban J connectivity index is 1.46. The monoisotopic (exact) mass is 366 g/mol. The molecule has 0 unspecified atom stereocenters. The minimum absolute atomic E-state index is 0.217. The third-order valence-corrected chi connectivity index (χ3v) is 4.07. The van der Waals surface area contributed by atoms with Crippen molar-refractivity contribution in [3.05, 3.63) is 48.2 Å². The number of anilines is 1. The van der Waals surface area contributed by atoms with Gasteiger partial charge in [-0.25, -0.2) is 9.97 Å². The van der Waals surface area contributed by atoms with Crippen LogP contribution in [0.5, 0.6) is 5.88 Å². The van der Waals surface area contributed by atoms with Gasteiger partial charge >= 0.3 is 0 Å². The van der Waals surface area contributed by atoms with Gasteiger partial charge in [-0.15, -0.1) is 10.2 Å². The summed E-state index contributed by atoms with van der Waals surface area (Å²) >= 11 is 0. The van der Waals surface area contributed by atoms with Gasteiger partial charge < -0.3 is 19.4 Å². The van der Waals surface area contributed by atoms with Crippen LogP contribution in [0.3, 0.4) is 0 Å². The van der Waals surface area contributed by atoms with Gasteiger partial charge in [-0.2, -0.15) is 0 Å². The van der Waals surface area contributed by atoms with Crippen LogP contribution in [0.1, 0.15) is 23.2 Å². The highest BCUT2D eigenvalue weighted by molar-refractivity contribution is 6.02. The molecule has 0 saturated heterocycles. The third-order valence-electron chi connectivity index (χ3n) is 4.07. The molecule has 1 aromatic carbocycles. The van der Waals surface area contributed by atoms with Crippen LogP contribution >= 0.6 is 0 Å². The number of rotatable bonds is 5. The lowest BCUT2D eigenvalue weighted by molar-refractivity contribution is 0.0821. The van der Waals surface area contributed by atoms with E-state index in [1.807, 2.05) is 35.8 Å². The minimum atomic E-state index is -0.338. The highest BCUT2D eigenvalue weighted by Gasteiger charge is 2.17. The maximum atomic E-state index is 12.3. The van der Waals surface area contributed by atoms with Crippen LogP contribution in [0.15, 0.2) is 36.7 Å². The SMILES string of the molecule is CCOc1cnc(C(=O)Nc2ccc(-c3nnc4n3CCOC4)cc2)cn1. The first-order chi connectivity index (χ1) is 13.2. The van der Waals surface area contributed by atoms with E-state index in [0.29, 0.717) is 31.4 Å². The highest BCUT2D eigenvalue weighted by Crippen LogP contribution is 2.22. The fraction of sp³-hybridized carbons (Fsp3) is 0.278. The molecule has 0 atom stereocenters. The summed E-state index contributed by atoms with van der Waals surface area (Å²) in [7, 11) is 0. The number of amides is 1. The van der Waals surface area contributed by atoms with Crippen molar-refractivity contribution in [2.45, 2.75) is 20.1 Å². The summed E-state index contributed by atoms with van der Waals surface area (Å²) in [5.74, 6) is 1.67. The van der Waals surface area contributed by atoms with Crippen LogP contribution in [0.4, 0.5) is 5.69 Å². The molecule has 9 nitrogen and oxygen atoms in total. The highest BCUT2D eigenvalue weighted by atomic mass is 16.5. The van der Waals surface area contributed by atoms with Crippen molar-refractivity contribution < 1.29 is 14.3 Å². The summed E-state index contributed by atoms with van der Waals surface area (Å²) in [4.78, 5) is 20.4. The molecule has 2 aromatic heterocycles. The summed E-state index contributed by atoms with van der Waals surface area (Å²) in [6, 6.07) is 7.42. The molecule has 0 fully saturated rings. The number of hydrogen-bond donors (Lipinski definition) is 1. The second kappa shape index (κ2) is 7.50. The molecule has 0 spiro atoms. The Kier molecular flexibility index (Phi) is 4.75. The average Bonchev–Trinajstić information content (AvgIpc) is 3.13. The number of aromatic nitrogens is 5. The Morgan fingerprint density at radius 1 is 1.22 bits per heavy atom. The molecule has 138 valence electrons. The maximum absolute atomic E-state index is 12.3. The fourth-order valence-electron chi connectivity index (χ4n) is 2.76. The standard InChI is InChI=1S/C18H18N6O3/c1-2-27-16-10-19-14(9-20-16)18(25)21-13-5-3-12(4-6-13)17-23-22-15-11-26-8-7-24(15)17/h3-6,9-10H,2,7-8,11H2,1H3,(H,21,25). The van der Waals surface area contributed by atoms with Crippen LogP contribution < -0.4 is 10.1 Å². The van der Waals surface area contributed by atoms with E-state index in [0.717, 1.165) is 23.8 Å². The summed E-state index contributed by atoms with van der Waals surface area (Å²) in [6.07, 6.45) is 2.82. The molecule has 3 heterocycles. The van der Waals surface area contributed by atoms with Crippen LogP contribution in [-0.4, -0.2) is 43.9 Å². The topological polar surface area (TPSA) is 104 Å². The van der Waals surface area contributed by atoms with E-state index in [-0.39, 0.29) is 11.6 Å². The lowest BCUT2D eigenvalue weighted by atomic mass is 10.2. The van der Waals surface area contributed by atoms with Gasteiger partial charge in [0.15, 0.2) is 11.6 Å². The number of nitrogens with zero attached hydrogens (tertiary/aromatic N) is 5. The number of benzene rings is 1. The lowest BCUT2D eigenvalue weighted by Gasteiger charge is -2.15. The van der Waals surface area contributed by atoms with E-state index in [1.54, 1.807) is 0 Å². The van der Waals surface area contributed by atoms with Gasteiger partial charge in [-0.3, -0.25) is 4.79 Å². The number of fused-ring (bicyclic) bond motifs is 1. The minimum Gasteiger partial charge on any atom is -0.477 e. The van der Waals surface area contributed by atoms with E-state index in [4.69, 9.17) is 9.47 Å². The molecule has 0 bridgehead atoms. The lowest BCUT2D eigenvalue weighted by Crippen LogP contribution is -2.17. The first-order valence-electron chi connectivity index (χ1n) is 8.61. The van der Waals surface area contributed by atoms with Crippen molar-refractivity contribution in [2.24, 2.45) is 0 Å². The van der Waals surface area contributed by atoms with E-state index >= 15 is 0 Å². The second-order valence-corrected chi connectivity index (χ2v) is 5.85. The summed E-state index contributed by atoms with van der Waals surface area (Å²) in [5, 5.41) is 11.2. The zero-order valence-corrected chi connectivity index (χ0v) is 14.8. The predicted molar refractivity (Wildman–Crippen MR) is 96.3 cm³/mol. The molecular weight excluding hydrogens is 348 g/mol. The van der Waals surface area contributed by atoms with Crippen molar-refractivity contribution in [1.82, 2.24) is 24.7 Å². The van der Waals surface area contributed by atoms with E-state index in [9.17, 15) is 4.79 Å². The predicted octanol–water partition coefficient (Wildman–Crippen LogP) is 1.92. The summed E-state index contributed by atoms with van der Waals surface area (Å²) in [6.45, 7) is 4.20. The smallest absolute Gasteiger partial charge is 0.275 e. The molecule has 0 saturated carbocycles. The molecule has 27 heavy (non-hydrogen) atoms. The average molecular weight is 366 g/mol. The third kappa shape index (κ3) is 3.63. The Hall–Kier alpha value is -3.33. The van der Waals surface area contributed by atoms with E-state index in [1.165, 1.54) is 12.4 Å². The van der Waals surface area contributed by atoms with Gasteiger partial charge in [0.1, 0.15) is 12.3 Å². The molecule has 1 N–H and O–H groups in total. The molecule has 3 aromatic rings. The van der Waals surface area contributed by atoms with Crippen molar-refractivity contribution in [3.8, 4) is 17.3 Å². The Labute approximate surface area is 155 Å². The number of carbonyl (C=O) groups is 1. The second-order valence-electron chi connectivity index (χ2n) is 5.85. The number of carbonyl (C=O) groups excluding carboxylic acids is 1. The number of nitrogens with one attached hydrogen (secondary N) is 1. The van der Waals surface area contributed by atoms with Crippen LogP contribution in [-0.2, 0) is 17.9 Å². The Bertz CT molecular complexity index is 937. The van der Waals surface area contributed by atoms with Crippen LogP contribution in [0, 0.1) is 0 Å². The van der Waals surface area contributed by atoms with Crippen LogP contribution in [0.25, 0.3) is 11.4 Å². The van der Waals surface area contributed by atoms with Gasteiger partial charge in [0.25, 0.3) is 5.91 Å².